The summed E-state index contributed by atoms with van der Waals surface area (Å²) in [4.78, 5) is 28.5. The van der Waals surface area contributed by atoms with E-state index in [0.29, 0.717) is 5.57 Å². The van der Waals surface area contributed by atoms with Gasteiger partial charge in [-0.25, -0.2) is 4.79 Å². The van der Waals surface area contributed by atoms with Crippen LogP contribution in [0.3, 0.4) is 0 Å². The number of nitrogens with zero attached hydrogens (tertiary/aromatic N) is 1. The van der Waals surface area contributed by atoms with Crippen LogP contribution in [0.15, 0.2) is 35.0 Å². The monoisotopic (exact) mass is 375 g/mol. The van der Waals surface area contributed by atoms with Crippen LogP contribution in [0.25, 0.3) is 11.6 Å². The van der Waals surface area contributed by atoms with Crippen molar-refractivity contribution in [2.24, 2.45) is 0 Å². The van der Waals surface area contributed by atoms with Crippen molar-refractivity contribution >= 4 is 46.2 Å². The lowest BCUT2D eigenvalue weighted by molar-refractivity contribution is -0.147. The number of carbonyl (C=O) groups excluding carboxylic acids is 2. The zero-order chi connectivity index (χ0) is 17.5. The summed E-state index contributed by atoms with van der Waals surface area (Å²) in [6.45, 7) is 1.34. The lowest BCUT2D eigenvalue weighted by Gasteiger charge is -2.20. The number of carbonyl (C=O) groups is 2. The highest BCUT2D eigenvalue weighted by Gasteiger charge is 2.20. The van der Waals surface area contributed by atoms with Crippen molar-refractivity contribution in [1.82, 2.24) is 4.90 Å². The molecular weight excluding hydrogens is 354 g/mol. The van der Waals surface area contributed by atoms with Gasteiger partial charge in [0.15, 0.2) is 6.61 Å². The predicted octanol–water partition coefficient (Wildman–Crippen LogP) is 4.30. The Morgan fingerprint density at radius 1 is 1.04 bits per heavy atom. The van der Waals surface area contributed by atoms with Crippen LogP contribution in [0.1, 0.15) is 35.4 Å². The van der Waals surface area contributed by atoms with Crippen molar-refractivity contribution in [1.29, 1.82) is 0 Å². The molecule has 2 aromatic heterocycles. The molecule has 1 saturated heterocycles. The number of hydrogen-bond donors (Lipinski definition) is 0. The average Bonchev–Trinajstić information content (AvgIpc) is 3.26. The van der Waals surface area contributed by atoms with Crippen molar-refractivity contribution in [2.45, 2.75) is 25.7 Å². The van der Waals surface area contributed by atoms with E-state index in [-0.39, 0.29) is 12.5 Å². The van der Waals surface area contributed by atoms with E-state index >= 15 is 0 Å². The molecule has 0 aliphatic carbocycles. The molecular formula is C19H21NO3S2. The number of amides is 1. The van der Waals surface area contributed by atoms with E-state index in [1.807, 2.05) is 46.0 Å². The summed E-state index contributed by atoms with van der Waals surface area (Å²) in [6, 6.07) is 7.69. The Labute approximate surface area is 155 Å². The highest BCUT2D eigenvalue weighted by Crippen LogP contribution is 2.25. The molecule has 6 heteroatoms. The molecule has 1 aliphatic heterocycles. The highest BCUT2D eigenvalue weighted by atomic mass is 32.1. The van der Waals surface area contributed by atoms with Crippen molar-refractivity contribution in [3.05, 3.63) is 44.8 Å². The van der Waals surface area contributed by atoms with Gasteiger partial charge in [-0.05, 0) is 41.8 Å². The van der Waals surface area contributed by atoms with Crippen LogP contribution >= 0.6 is 22.7 Å². The molecule has 0 spiro atoms. The normalized spacial score (nSPS) is 15.7. The third kappa shape index (κ3) is 5.03. The lowest BCUT2D eigenvalue weighted by atomic mass is 10.2. The minimum atomic E-state index is -0.445. The van der Waals surface area contributed by atoms with Crippen molar-refractivity contribution in [3.8, 4) is 0 Å². The summed E-state index contributed by atoms with van der Waals surface area (Å²) in [5.41, 5.74) is 0.501. The highest BCUT2D eigenvalue weighted by molar-refractivity contribution is 7.12. The van der Waals surface area contributed by atoms with Gasteiger partial charge in [0.2, 0.25) is 0 Å². The van der Waals surface area contributed by atoms with Gasteiger partial charge in [-0.3, -0.25) is 4.79 Å². The second-order valence-electron chi connectivity index (χ2n) is 5.92. The fourth-order valence-electron chi connectivity index (χ4n) is 2.79. The predicted molar refractivity (Wildman–Crippen MR) is 103 cm³/mol. The Morgan fingerprint density at radius 2 is 1.76 bits per heavy atom. The maximum atomic E-state index is 12.6. The Hall–Kier alpha value is -1.92. The summed E-state index contributed by atoms with van der Waals surface area (Å²) in [7, 11) is 0. The van der Waals surface area contributed by atoms with Gasteiger partial charge in [0, 0.05) is 22.8 Å². The average molecular weight is 376 g/mol. The fourth-order valence-corrected chi connectivity index (χ4v) is 4.18. The number of rotatable bonds is 5. The van der Waals surface area contributed by atoms with E-state index in [1.165, 1.54) is 11.3 Å². The molecule has 0 atom stereocenters. The van der Waals surface area contributed by atoms with Crippen molar-refractivity contribution < 1.29 is 14.3 Å². The fraction of sp³-hybridized carbons (Fsp3) is 0.368. The van der Waals surface area contributed by atoms with Gasteiger partial charge in [-0.2, -0.15) is 0 Å². The van der Waals surface area contributed by atoms with Crippen LogP contribution in [-0.4, -0.2) is 36.5 Å². The number of thiophene rings is 2. The number of likely N-dealkylation sites (tertiary alicyclic amines) is 1. The maximum Gasteiger partial charge on any atom is 0.340 e. The van der Waals surface area contributed by atoms with Gasteiger partial charge in [-0.1, -0.05) is 25.0 Å². The molecule has 1 amide bonds. The van der Waals surface area contributed by atoms with Crippen molar-refractivity contribution in [2.75, 3.05) is 19.7 Å². The minimum absolute atomic E-state index is 0.100. The van der Waals surface area contributed by atoms with E-state index in [4.69, 9.17) is 4.74 Å². The molecule has 3 rings (SSSR count). The topological polar surface area (TPSA) is 46.6 Å². The Balaban J connectivity index is 1.65. The molecule has 25 heavy (non-hydrogen) atoms. The first-order valence-electron chi connectivity index (χ1n) is 8.48. The van der Waals surface area contributed by atoms with Gasteiger partial charge < -0.3 is 9.64 Å². The van der Waals surface area contributed by atoms with Crippen LogP contribution < -0.4 is 0 Å². The molecule has 0 saturated carbocycles. The van der Waals surface area contributed by atoms with Crippen LogP contribution in [0.4, 0.5) is 0 Å². The van der Waals surface area contributed by atoms with Gasteiger partial charge in [0.25, 0.3) is 5.91 Å². The molecule has 0 unspecified atom stereocenters. The van der Waals surface area contributed by atoms with Crippen LogP contribution in [0.2, 0.25) is 0 Å². The second kappa shape index (κ2) is 8.97. The Morgan fingerprint density at radius 3 is 2.40 bits per heavy atom. The number of hydrogen-bond acceptors (Lipinski definition) is 5. The third-order valence-electron chi connectivity index (χ3n) is 4.12. The van der Waals surface area contributed by atoms with E-state index in [9.17, 15) is 9.59 Å². The molecule has 132 valence electrons. The smallest absolute Gasteiger partial charge is 0.340 e. The Bertz CT molecular complexity index is 712. The van der Waals surface area contributed by atoms with Gasteiger partial charge >= 0.3 is 5.97 Å². The zero-order valence-electron chi connectivity index (χ0n) is 14.0. The first-order chi connectivity index (χ1) is 12.2. The third-order valence-corrected chi connectivity index (χ3v) is 5.84. The molecule has 4 nitrogen and oxygen atoms in total. The van der Waals surface area contributed by atoms with E-state index in [2.05, 4.69) is 0 Å². The Kier molecular flexibility index (Phi) is 6.42. The molecule has 1 aliphatic rings. The largest absolute Gasteiger partial charge is 0.452 e. The van der Waals surface area contributed by atoms with Crippen LogP contribution in [0, 0.1) is 0 Å². The molecule has 1 fully saturated rings. The van der Waals surface area contributed by atoms with Crippen molar-refractivity contribution in [3.63, 3.8) is 0 Å². The first kappa shape index (κ1) is 17.9. The van der Waals surface area contributed by atoms with E-state index < -0.39 is 5.97 Å². The van der Waals surface area contributed by atoms with E-state index in [1.54, 1.807) is 11.3 Å². The molecule has 3 heterocycles. The number of esters is 1. The summed E-state index contributed by atoms with van der Waals surface area (Å²) in [5, 5.41) is 3.89. The van der Waals surface area contributed by atoms with Gasteiger partial charge in [-0.15, -0.1) is 22.7 Å². The maximum absolute atomic E-state index is 12.6. The van der Waals surface area contributed by atoms with Crippen LogP contribution in [-0.2, 0) is 14.3 Å². The van der Waals surface area contributed by atoms with Gasteiger partial charge in [0.1, 0.15) is 0 Å². The lowest BCUT2D eigenvalue weighted by Crippen LogP contribution is -2.35. The number of ether oxygens (including phenoxy) is 1. The summed E-state index contributed by atoms with van der Waals surface area (Å²) in [5.74, 6) is -0.545. The molecule has 2 aromatic rings. The zero-order valence-corrected chi connectivity index (χ0v) is 15.6. The second-order valence-corrected chi connectivity index (χ2v) is 7.85. The molecule has 0 N–H and O–H groups in total. The molecule has 0 radical (unpaired) electrons. The van der Waals surface area contributed by atoms with E-state index in [0.717, 1.165) is 48.5 Å². The first-order valence-corrected chi connectivity index (χ1v) is 10.2. The SMILES string of the molecule is O=C(OCC(=O)N1CCCCCC1)C(=Cc1cccs1)c1cccs1. The minimum Gasteiger partial charge on any atom is -0.452 e. The molecule has 0 aromatic carbocycles. The summed E-state index contributed by atoms with van der Waals surface area (Å²) < 4.78 is 5.35. The molecule has 0 bridgehead atoms. The summed E-state index contributed by atoms with van der Waals surface area (Å²) in [6.07, 6.45) is 6.21. The quantitative estimate of drug-likeness (QED) is 0.578. The van der Waals surface area contributed by atoms with Crippen LogP contribution in [0.5, 0.6) is 0 Å². The standard InChI is InChI=1S/C19H21NO3S2/c21-18(20-9-3-1-2-4-10-20)14-23-19(22)16(17-8-6-12-25-17)13-15-7-5-11-24-15/h5-8,11-13H,1-4,9-10,14H2. The van der Waals surface area contributed by atoms with Gasteiger partial charge in [0.05, 0.1) is 5.57 Å². The summed E-state index contributed by atoms with van der Waals surface area (Å²) >= 11 is 3.05.